The van der Waals surface area contributed by atoms with Crippen molar-refractivity contribution >= 4 is 17.6 Å². The van der Waals surface area contributed by atoms with E-state index in [-0.39, 0.29) is 28.3 Å². The molecule has 14 heavy (non-hydrogen) atoms. The van der Waals surface area contributed by atoms with Gasteiger partial charge in [-0.15, -0.1) is 11.6 Å². The van der Waals surface area contributed by atoms with Crippen molar-refractivity contribution in [2.45, 2.75) is 51.5 Å². The van der Waals surface area contributed by atoms with E-state index in [9.17, 15) is 4.79 Å². The molecule has 0 spiro atoms. The maximum absolute atomic E-state index is 11.3. The van der Waals surface area contributed by atoms with Crippen molar-refractivity contribution in [3.05, 3.63) is 0 Å². The number of halogens is 1. The van der Waals surface area contributed by atoms with Gasteiger partial charge >= 0.3 is 5.97 Å². The molecule has 0 bridgehead atoms. The summed E-state index contributed by atoms with van der Waals surface area (Å²) < 4.78 is 5.30. The lowest BCUT2D eigenvalue weighted by molar-refractivity contribution is -0.142. The van der Waals surface area contributed by atoms with E-state index in [1.165, 1.54) is 0 Å². The minimum atomic E-state index is -0.0825. The Hall–Kier alpha value is -0.240. The molecular weight excluding hydrogens is 200 g/mol. The number of carbonyl (C=O) groups is 1. The molecule has 2 aliphatic rings. The standard InChI is InChI=1S/C11H17ClO2/c1-10(2)4-7(12)9-11(3,6-10)5-8(13)14-9/h7,9H,4-6H2,1-3H3. The molecule has 2 nitrogen and oxygen atoms in total. The van der Waals surface area contributed by atoms with Crippen molar-refractivity contribution in [3.63, 3.8) is 0 Å². The normalized spacial score (nSPS) is 45.9. The van der Waals surface area contributed by atoms with Crippen molar-refractivity contribution in [1.29, 1.82) is 0 Å². The fraction of sp³-hybridized carbons (Fsp3) is 0.909. The molecule has 1 saturated heterocycles. The van der Waals surface area contributed by atoms with Gasteiger partial charge in [-0.1, -0.05) is 20.8 Å². The lowest BCUT2D eigenvalue weighted by atomic mass is 9.62. The Morgan fingerprint density at radius 2 is 2.07 bits per heavy atom. The van der Waals surface area contributed by atoms with Gasteiger partial charge in [0.15, 0.2) is 0 Å². The summed E-state index contributed by atoms with van der Waals surface area (Å²) in [6.07, 6.45) is 2.43. The summed E-state index contributed by atoms with van der Waals surface area (Å²) >= 11 is 6.28. The summed E-state index contributed by atoms with van der Waals surface area (Å²) in [6.45, 7) is 6.55. The van der Waals surface area contributed by atoms with Crippen LogP contribution < -0.4 is 0 Å². The van der Waals surface area contributed by atoms with Crippen molar-refractivity contribution in [2.75, 3.05) is 0 Å². The summed E-state index contributed by atoms with van der Waals surface area (Å²) in [5.41, 5.74) is 0.191. The molecule has 1 aliphatic heterocycles. The Morgan fingerprint density at radius 3 is 2.71 bits per heavy atom. The molecule has 0 aromatic rings. The first-order chi connectivity index (χ1) is 6.32. The molecule has 0 amide bonds. The van der Waals surface area contributed by atoms with E-state index >= 15 is 0 Å². The molecule has 0 aromatic carbocycles. The van der Waals surface area contributed by atoms with Crippen LogP contribution in [0, 0.1) is 10.8 Å². The fourth-order valence-corrected chi connectivity index (χ4v) is 4.00. The van der Waals surface area contributed by atoms with E-state index in [2.05, 4.69) is 20.8 Å². The smallest absolute Gasteiger partial charge is 0.306 e. The van der Waals surface area contributed by atoms with Gasteiger partial charge in [-0.05, 0) is 18.3 Å². The van der Waals surface area contributed by atoms with Gasteiger partial charge in [0.1, 0.15) is 6.10 Å². The van der Waals surface area contributed by atoms with Gasteiger partial charge in [-0.25, -0.2) is 0 Å². The molecule has 3 heteroatoms. The van der Waals surface area contributed by atoms with Gasteiger partial charge in [0.25, 0.3) is 0 Å². The Labute approximate surface area is 90.0 Å². The zero-order valence-electron chi connectivity index (χ0n) is 8.97. The van der Waals surface area contributed by atoms with Crippen LogP contribution in [0.3, 0.4) is 0 Å². The van der Waals surface area contributed by atoms with Crippen LogP contribution in [0.1, 0.15) is 40.0 Å². The lowest BCUT2D eigenvalue weighted by Crippen LogP contribution is -2.45. The van der Waals surface area contributed by atoms with E-state index in [4.69, 9.17) is 16.3 Å². The topological polar surface area (TPSA) is 26.3 Å². The number of ether oxygens (including phenoxy) is 1. The minimum Gasteiger partial charge on any atom is -0.460 e. The SMILES string of the molecule is CC1(C)CC(Cl)C2OC(=O)CC2(C)C1. The van der Waals surface area contributed by atoms with Crippen molar-refractivity contribution in [3.8, 4) is 0 Å². The molecule has 3 unspecified atom stereocenters. The van der Waals surface area contributed by atoms with Gasteiger partial charge in [0.2, 0.25) is 0 Å². The fourth-order valence-electron chi connectivity index (χ4n) is 3.23. The average molecular weight is 217 g/mol. The molecule has 0 N–H and O–H groups in total. The summed E-state index contributed by atoms with van der Waals surface area (Å²) in [5, 5.41) is -0.0183. The maximum Gasteiger partial charge on any atom is 0.306 e. The quantitative estimate of drug-likeness (QED) is 0.460. The predicted octanol–water partition coefficient (Wildman–Crippen LogP) is 2.74. The molecule has 0 radical (unpaired) electrons. The second kappa shape index (κ2) is 2.88. The van der Waals surface area contributed by atoms with Gasteiger partial charge in [-0.2, -0.15) is 0 Å². The number of hydrogen-bond acceptors (Lipinski definition) is 2. The van der Waals surface area contributed by atoms with E-state index in [0.717, 1.165) is 12.8 Å². The molecule has 2 fully saturated rings. The maximum atomic E-state index is 11.3. The van der Waals surface area contributed by atoms with Crippen LogP contribution >= 0.6 is 11.6 Å². The predicted molar refractivity (Wildman–Crippen MR) is 55.3 cm³/mol. The van der Waals surface area contributed by atoms with Crippen molar-refractivity contribution < 1.29 is 9.53 Å². The van der Waals surface area contributed by atoms with Crippen LogP contribution in [0.25, 0.3) is 0 Å². The molecule has 0 aromatic heterocycles. The highest BCUT2D eigenvalue weighted by Crippen LogP contribution is 2.53. The van der Waals surface area contributed by atoms with Crippen LogP contribution in [0.5, 0.6) is 0 Å². The second-order valence-electron chi connectivity index (χ2n) is 5.80. The molecule has 1 aliphatic carbocycles. The van der Waals surface area contributed by atoms with Crippen molar-refractivity contribution in [2.24, 2.45) is 10.8 Å². The summed E-state index contributed by atoms with van der Waals surface area (Å²) in [6, 6.07) is 0. The first-order valence-corrected chi connectivity index (χ1v) is 5.60. The highest BCUT2D eigenvalue weighted by Gasteiger charge is 2.55. The third-order valence-electron chi connectivity index (χ3n) is 3.45. The molecule has 80 valence electrons. The number of carbonyl (C=O) groups excluding carboxylic acids is 1. The van der Waals surface area contributed by atoms with E-state index in [1.54, 1.807) is 0 Å². The zero-order chi connectivity index (χ0) is 10.6. The number of esters is 1. The van der Waals surface area contributed by atoms with Crippen LogP contribution in [0.2, 0.25) is 0 Å². The number of rotatable bonds is 0. The van der Waals surface area contributed by atoms with Crippen LogP contribution in [-0.4, -0.2) is 17.5 Å². The monoisotopic (exact) mass is 216 g/mol. The Kier molecular flexibility index (Phi) is 2.11. The van der Waals surface area contributed by atoms with Gasteiger partial charge in [0.05, 0.1) is 11.8 Å². The van der Waals surface area contributed by atoms with Gasteiger partial charge < -0.3 is 4.74 Å². The first-order valence-electron chi connectivity index (χ1n) is 5.16. The summed E-state index contributed by atoms with van der Waals surface area (Å²) in [7, 11) is 0. The molecule has 2 rings (SSSR count). The molecular formula is C11H17ClO2. The Bertz CT molecular complexity index is 274. The number of fused-ring (bicyclic) bond motifs is 1. The van der Waals surface area contributed by atoms with Crippen LogP contribution in [0.4, 0.5) is 0 Å². The van der Waals surface area contributed by atoms with Crippen LogP contribution in [-0.2, 0) is 9.53 Å². The zero-order valence-corrected chi connectivity index (χ0v) is 9.73. The third kappa shape index (κ3) is 1.54. The molecule has 1 saturated carbocycles. The van der Waals surface area contributed by atoms with Crippen molar-refractivity contribution in [1.82, 2.24) is 0 Å². The number of hydrogen-bond donors (Lipinski definition) is 0. The molecule has 1 heterocycles. The van der Waals surface area contributed by atoms with E-state index in [1.807, 2.05) is 0 Å². The number of alkyl halides is 1. The van der Waals surface area contributed by atoms with Gasteiger partial charge in [0, 0.05) is 5.41 Å². The van der Waals surface area contributed by atoms with Gasteiger partial charge in [-0.3, -0.25) is 4.79 Å². The average Bonchev–Trinajstić information content (AvgIpc) is 2.21. The highest BCUT2D eigenvalue weighted by atomic mass is 35.5. The van der Waals surface area contributed by atoms with Crippen LogP contribution in [0.15, 0.2) is 0 Å². The highest BCUT2D eigenvalue weighted by molar-refractivity contribution is 6.21. The second-order valence-corrected chi connectivity index (χ2v) is 6.36. The van der Waals surface area contributed by atoms with E-state index < -0.39 is 0 Å². The first kappa shape index (κ1) is 10.3. The largest absolute Gasteiger partial charge is 0.460 e. The Balaban J connectivity index is 2.27. The van der Waals surface area contributed by atoms with E-state index in [0.29, 0.717) is 6.42 Å². The molecule has 3 atom stereocenters. The summed E-state index contributed by atoms with van der Waals surface area (Å²) in [4.78, 5) is 11.3. The third-order valence-corrected chi connectivity index (χ3v) is 3.84. The Morgan fingerprint density at radius 1 is 1.43 bits per heavy atom. The lowest BCUT2D eigenvalue weighted by Gasteiger charge is -2.45. The minimum absolute atomic E-state index is 0.0183. The summed E-state index contributed by atoms with van der Waals surface area (Å²) in [5.74, 6) is -0.0825.